The van der Waals surface area contributed by atoms with Crippen LogP contribution in [0.2, 0.25) is 0 Å². The van der Waals surface area contributed by atoms with E-state index >= 15 is 0 Å². The molecular formula is C17H20N4O3. The van der Waals surface area contributed by atoms with Gasteiger partial charge >= 0.3 is 0 Å². The van der Waals surface area contributed by atoms with Crippen LogP contribution in [0.4, 0.5) is 5.95 Å². The van der Waals surface area contributed by atoms with Crippen molar-refractivity contribution in [1.82, 2.24) is 15.3 Å². The van der Waals surface area contributed by atoms with Gasteiger partial charge in [-0.1, -0.05) is 12.1 Å². The SMILES string of the molecule is COCCOc1ccc(CNC(=O)C=Cc2cnc(N)nc2)cc1. The summed E-state index contributed by atoms with van der Waals surface area (Å²) in [4.78, 5) is 19.5. The fourth-order valence-electron chi connectivity index (χ4n) is 1.80. The Morgan fingerprint density at radius 3 is 2.58 bits per heavy atom. The number of carbonyl (C=O) groups excluding carboxylic acids is 1. The van der Waals surface area contributed by atoms with Gasteiger partial charge in [-0.15, -0.1) is 0 Å². The lowest BCUT2D eigenvalue weighted by Gasteiger charge is -2.07. The van der Waals surface area contributed by atoms with Crippen LogP contribution < -0.4 is 15.8 Å². The van der Waals surface area contributed by atoms with Gasteiger partial charge in [-0.3, -0.25) is 4.79 Å². The van der Waals surface area contributed by atoms with E-state index in [-0.39, 0.29) is 11.9 Å². The van der Waals surface area contributed by atoms with Crippen molar-refractivity contribution in [3.8, 4) is 5.75 Å². The molecule has 7 heteroatoms. The number of benzene rings is 1. The number of ether oxygens (including phenoxy) is 2. The van der Waals surface area contributed by atoms with Crippen molar-refractivity contribution in [2.75, 3.05) is 26.1 Å². The molecule has 0 unspecified atom stereocenters. The Hall–Kier alpha value is -2.93. The minimum absolute atomic E-state index is 0.200. The second-order valence-corrected chi connectivity index (χ2v) is 4.91. The van der Waals surface area contributed by atoms with E-state index in [0.717, 1.165) is 11.3 Å². The zero-order chi connectivity index (χ0) is 17.2. The number of methoxy groups -OCH3 is 1. The van der Waals surface area contributed by atoms with E-state index in [2.05, 4.69) is 15.3 Å². The molecule has 2 aromatic rings. The molecule has 0 bridgehead atoms. The number of amides is 1. The van der Waals surface area contributed by atoms with Crippen molar-refractivity contribution in [2.45, 2.75) is 6.54 Å². The highest BCUT2D eigenvalue weighted by molar-refractivity contribution is 5.91. The predicted octanol–water partition coefficient (Wildman–Crippen LogP) is 1.41. The van der Waals surface area contributed by atoms with Crippen molar-refractivity contribution in [3.05, 3.63) is 53.9 Å². The summed E-state index contributed by atoms with van der Waals surface area (Å²) in [5.74, 6) is 0.767. The van der Waals surface area contributed by atoms with Crippen LogP contribution >= 0.6 is 0 Å². The molecule has 0 aliphatic carbocycles. The number of nitrogen functional groups attached to an aromatic ring is 1. The van der Waals surface area contributed by atoms with Gasteiger partial charge in [0, 0.05) is 37.7 Å². The number of nitrogens with zero attached hydrogens (tertiary/aromatic N) is 2. The molecule has 0 aliphatic heterocycles. The molecule has 7 nitrogen and oxygen atoms in total. The highest BCUT2D eigenvalue weighted by Crippen LogP contribution is 2.12. The summed E-state index contributed by atoms with van der Waals surface area (Å²) < 4.78 is 10.4. The molecule has 24 heavy (non-hydrogen) atoms. The van der Waals surface area contributed by atoms with Crippen molar-refractivity contribution in [3.63, 3.8) is 0 Å². The smallest absolute Gasteiger partial charge is 0.244 e. The second-order valence-electron chi connectivity index (χ2n) is 4.91. The maximum absolute atomic E-state index is 11.8. The third kappa shape index (κ3) is 6.05. The van der Waals surface area contributed by atoms with Crippen LogP contribution in [0.3, 0.4) is 0 Å². The summed E-state index contributed by atoms with van der Waals surface area (Å²) in [6.07, 6.45) is 6.15. The Bertz CT molecular complexity index is 669. The fraction of sp³-hybridized carbons (Fsp3) is 0.235. The summed E-state index contributed by atoms with van der Waals surface area (Å²) >= 11 is 0. The maximum Gasteiger partial charge on any atom is 0.244 e. The summed E-state index contributed by atoms with van der Waals surface area (Å²) in [7, 11) is 1.63. The van der Waals surface area contributed by atoms with Gasteiger partial charge < -0.3 is 20.5 Å². The van der Waals surface area contributed by atoms with E-state index in [1.165, 1.54) is 6.08 Å². The van der Waals surface area contributed by atoms with E-state index in [4.69, 9.17) is 15.2 Å². The largest absolute Gasteiger partial charge is 0.491 e. The van der Waals surface area contributed by atoms with Crippen LogP contribution in [0.25, 0.3) is 6.08 Å². The van der Waals surface area contributed by atoms with Crippen molar-refractivity contribution < 1.29 is 14.3 Å². The van der Waals surface area contributed by atoms with Gasteiger partial charge in [0.2, 0.25) is 11.9 Å². The molecule has 0 atom stereocenters. The number of anilines is 1. The van der Waals surface area contributed by atoms with Crippen LogP contribution in [-0.2, 0) is 16.1 Å². The first-order valence-electron chi connectivity index (χ1n) is 7.41. The Morgan fingerprint density at radius 1 is 1.21 bits per heavy atom. The van der Waals surface area contributed by atoms with E-state index in [9.17, 15) is 4.79 Å². The molecule has 0 saturated heterocycles. The first-order chi connectivity index (χ1) is 11.7. The molecule has 1 aromatic heterocycles. The summed E-state index contributed by atoms with van der Waals surface area (Å²) in [6.45, 7) is 1.48. The number of nitrogens with one attached hydrogen (secondary N) is 1. The van der Waals surface area contributed by atoms with Crippen molar-refractivity contribution >= 4 is 17.9 Å². The molecule has 0 saturated carbocycles. The lowest BCUT2D eigenvalue weighted by molar-refractivity contribution is -0.116. The third-order valence-corrected chi connectivity index (χ3v) is 3.07. The Morgan fingerprint density at radius 2 is 1.92 bits per heavy atom. The molecule has 1 aromatic carbocycles. The van der Waals surface area contributed by atoms with Crippen molar-refractivity contribution in [2.24, 2.45) is 0 Å². The van der Waals surface area contributed by atoms with Gasteiger partial charge in [0.25, 0.3) is 0 Å². The predicted molar refractivity (Wildman–Crippen MR) is 91.1 cm³/mol. The van der Waals surface area contributed by atoms with Gasteiger partial charge in [-0.2, -0.15) is 0 Å². The normalized spacial score (nSPS) is 10.7. The lowest BCUT2D eigenvalue weighted by Crippen LogP contribution is -2.20. The van der Waals surface area contributed by atoms with E-state index in [1.54, 1.807) is 25.6 Å². The van der Waals surface area contributed by atoms with E-state index < -0.39 is 0 Å². The molecule has 0 spiro atoms. The van der Waals surface area contributed by atoms with Crippen LogP contribution in [0.1, 0.15) is 11.1 Å². The summed E-state index contributed by atoms with van der Waals surface area (Å²) in [6, 6.07) is 7.53. The van der Waals surface area contributed by atoms with Gasteiger partial charge in [0.05, 0.1) is 6.61 Å². The minimum atomic E-state index is -0.202. The molecule has 0 aliphatic rings. The summed E-state index contributed by atoms with van der Waals surface area (Å²) in [5.41, 5.74) is 7.08. The molecule has 1 heterocycles. The minimum Gasteiger partial charge on any atom is -0.491 e. The number of nitrogens with two attached hydrogens (primary N) is 1. The fourth-order valence-corrected chi connectivity index (χ4v) is 1.80. The number of hydrogen-bond acceptors (Lipinski definition) is 6. The maximum atomic E-state index is 11.8. The van der Waals surface area contributed by atoms with Crippen molar-refractivity contribution in [1.29, 1.82) is 0 Å². The first kappa shape index (κ1) is 17.4. The quantitative estimate of drug-likeness (QED) is 0.561. The number of carbonyl (C=O) groups is 1. The molecule has 126 valence electrons. The second kappa shape index (κ2) is 9.26. The Balaban J connectivity index is 1.77. The molecule has 2 rings (SSSR count). The molecule has 3 N–H and O–H groups in total. The van der Waals surface area contributed by atoms with Crippen LogP contribution in [0.15, 0.2) is 42.7 Å². The molecule has 1 amide bonds. The summed E-state index contributed by atoms with van der Waals surface area (Å²) in [5, 5.41) is 2.80. The van der Waals surface area contributed by atoms with Gasteiger partial charge in [-0.05, 0) is 23.8 Å². The molecule has 0 fully saturated rings. The highest BCUT2D eigenvalue weighted by Gasteiger charge is 1.99. The van der Waals surface area contributed by atoms with Gasteiger partial charge in [-0.25, -0.2) is 9.97 Å². The van der Waals surface area contributed by atoms with E-state index in [0.29, 0.717) is 25.3 Å². The lowest BCUT2D eigenvalue weighted by atomic mass is 10.2. The van der Waals surface area contributed by atoms with E-state index in [1.807, 2.05) is 24.3 Å². The Labute approximate surface area is 140 Å². The number of rotatable bonds is 8. The average molecular weight is 328 g/mol. The number of aromatic nitrogens is 2. The first-order valence-corrected chi connectivity index (χ1v) is 7.41. The zero-order valence-corrected chi connectivity index (χ0v) is 13.4. The van der Waals surface area contributed by atoms with Crippen LogP contribution in [0.5, 0.6) is 5.75 Å². The standard InChI is InChI=1S/C17H20N4O3/c1-23-8-9-24-15-5-2-13(3-6-15)10-19-16(22)7-4-14-11-20-17(18)21-12-14/h2-7,11-12H,8-10H2,1H3,(H,19,22)(H2,18,20,21). The average Bonchev–Trinajstić information content (AvgIpc) is 2.61. The van der Waals surface area contributed by atoms with Gasteiger partial charge in [0.1, 0.15) is 12.4 Å². The molecular weight excluding hydrogens is 308 g/mol. The highest BCUT2D eigenvalue weighted by atomic mass is 16.5. The number of hydrogen-bond donors (Lipinski definition) is 2. The monoisotopic (exact) mass is 328 g/mol. The topological polar surface area (TPSA) is 99.4 Å². The van der Waals surface area contributed by atoms with Crippen LogP contribution in [-0.4, -0.2) is 36.2 Å². The molecule has 0 radical (unpaired) electrons. The zero-order valence-electron chi connectivity index (χ0n) is 13.4. The third-order valence-electron chi connectivity index (χ3n) is 3.07. The van der Waals surface area contributed by atoms with Crippen LogP contribution in [0, 0.1) is 0 Å². The Kier molecular flexibility index (Phi) is 6.73. The van der Waals surface area contributed by atoms with Gasteiger partial charge in [0.15, 0.2) is 0 Å².